The Balaban J connectivity index is 1.72. The molecular formula is C32H26F6N2O4. The number of benzene rings is 3. The number of alkyl halides is 6. The zero-order chi connectivity index (χ0) is 32.7. The van der Waals surface area contributed by atoms with Gasteiger partial charge in [-0.2, -0.15) is 26.3 Å². The molecule has 2 heterocycles. The normalized spacial score (nSPS) is 16.2. The number of hydrogen-bond acceptors (Lipinski definition) is 4. The molecule has 0 aromatic heterocycles. The van der Waals surface area contributed by atoms with Crippen LogP contribution in [0.2, 0.25) is 0 Å². The van der Waals surface area contributed by atoms with Crippen LogP contribution in [0.5, 0.6) is 0 Å². The Morgan fingerprint density at radius 2 is 1.05 bits per heavy atom. The van der Waals surface area contributed by atoms with Gasteiger partial charge in [0.25, 0.3) is 23.6 Å². The van der Waals surface area contributed by atoms with Gasteiger partial charge < -0.3 is 0 Å². The maximum absolute atomic E-state index is 15.0. The van der Waals surface area contributed by atoms with Crippen molar-refractivity contribution < 1.29 is 45.5 Å². The quantitative estimate of drug-likeness (QED) is 0.224. The van der Waals surface area contributed by atoms with Crippen LogP contribution < -0.4 is 4.90 Å². The first-order chi connectivity index (χ1) is 20.4. The Labute approximate surface area is 248 Å². The Morgan fingerprint density at radius 3 is 1.50 bits per heavy atom. The molecule has 0 bridgehead atoms. The SMILES string of the molecule is CCC(C)N1C(=O)c2ccc(C(c3ccc4c(c3)C(=O)N(c3c(C)cc(C)cc3C)C4=O)(C(F)(F)F)C(F)(F)F)cc2C1=O. The maximum atomic E-state index is 15.0. The van der Waals surface area contributed by atoms with Crippen molar-refractivity contribution in [1.82, 2.24) is 4.90 Å². The van der Waals surface area contributed by atoms with Crippen LogP contribution in [0.15, 0.2) is 48.5 Å². The second kappa shape index (κ2) is 10.0. The molecule has 2 aliphatic rings. The third-order valence-corrected chi connectivity index (χ3v) is 8.41. The molecular weight excluding hydrogens is 590 g/mol. The molecule has 1 unspecified atom stereocenters. The summed E-state index contributed by atoms with van der Waals surface area (Å²) in [5.74, 6) is -3.78. The number of aryl methyl sites for hydroxylation is 3. The van der Waals surface area contributed by atoms with Crippen LogP contribution in [-0.4, -0.2) is 46.9 Å². The number of fused-ring (bicyclic) bond motifs is 2. The summed E-state index contributed by atoms with van der Waals surface area (Å²) in [6.45, 7) is 8.25. The summed E-state index contributed by atoms with van der Waals surface area (Å²) in [6, 6.07) is 6.24. The summed E-state index contributed by atoms with van der Waals surface area (Å²) in [5.41, 5.74) is -7.28. The molecule has 44 heavy (non-hydrogen) atoms. The van der Waals surface area contributed by atoms with Gasteiger partial charge >= 0.3 is 12.4 Å². The number of amides is 4. The highest BCUT2D eigenvalue weighted by molar-refractivity contribution is 6.35. The van der Waals surface area contributed by atoms with E-state index in [9.17, 15) is 45.5 Å². The molecule has 3 aromatic rings. The second-order valence-corrected chi connectivity index (χ2v) is 11.2. The van der Waals surface area contributed by atoms with Gasteiger partial charge in [-0.05, 0) is 80.6 Å². The van der Waals surface area contributed by atoms with Gasteiger partial charge in [0.2, 0.25) is 5.41 Å². The van der Waals surface area contributed by atoms with Crippen molar-refractivity contribution in [2.75, 3.05) is 4.90 Å². The minimum atomic E-state index is -6.04. The lowest BCUT2D eigenvalue weighted by atomic mass is 9.71. The minimum absolute atomic E-state index is 0.189. The average Bonchev–Trinajstić information content (AvgIpc) is 3.30. The monoisotopic (exact) mass is 616 g/mol. The summed E-state index contributed by atoms with van der Waals surface area (Å²) in [6.07, 6.45) is -11.8. The molecule has 5 rings (SSSR count). The predicted molar refractivity (Wildman–Crippen MR) is 148 cm³/mol. The van der Waals surface area contributed by atoms with Crippen molar-refractivity contribution in [2.45, 2.75) is 64.8 Å². The van der Waals surface area contributed by atoms with Gasteiger partial charge in [-0.25, -0.2) is 4.90 Å². The molecule has 4 amide bonds. The standard InChI is InChI=1S/C32H26F6N2O4/c1-6-18(5)39-26(41)21-9-7-19(13-23(21)28(39)43)30(31(33,34)35,32(36,37)38)20-8-10-22-24(14-20)29(44)40(27(22)42)25-16(3)11-15(2)12-17(25)4/h7-14,18H,6H2,1-5H3. The largest absolute Gasteiger partial charge is 0.411 e. The molecule has 2 aliphatic heterocycles. The molecule has 0 fully saturated rings. The van der Waals surface area contributed by atoms with Gasteiger partial charge in [-0.3, -0.25) is 24.1 Å². The average molecular weight is 617 g/mol. The van der Waals surface area contributed by atoms with Gasteiger partial charge in [0.1, 0.15) is 0 Å². The lowest BCUT2D eigenvalue weighted by molar-refractivity contribution is -0.288. The summed E-state index contributed by atoms with van der Waals surface area (Å²) < 4.78 is 90.0. The van der Waals surface area contributed by atoms with Gasteiger partial charge in [-0.1, -0.05) is 36.8 Å². The first kappa shape index (κ1) is 31.0. The van der Waals surface area contributed by atoms with Crippen LogP contribution in [0.4, 0.5) is 32.0 Å². The maximum Gasteiger partial charge on any atom is 0.411 e. The molecule has 0 saturated carbocycles. The van der Waals surface area contributed by atoms with Crippen molar-refractivity contribution >= 4 is 29.3 Å². The molecule has 0 aliphatic carbocycles. The zero-order valence-corrected chi connectivity index (χ0v) is 24.2. The summed E-state index contributed by atoms with van der Waals surface area (Å²) in [4.78, 5) is 54.3. The molecule has 1 atom stereocenters. The fraction of sp³-hybridized carbons (Fsp3) is 0.312. The highest BCUT2D eigenvalue weighted by Gasteiger charge is 2.73. The van der Waals surface area contributed by atoms with E-state index in [-0.39, 0.29) is 16.8 Å². The first-order valence-electron chi connectivity index (χ1n) is 13.7. The van der Waals surface area contributed by atoms with Crippen molar-refractivity contribution in [3.63, 3.8) is 0 Å². The van der Waals surface area contributed by atoms with Crippen LogP contribution in [0.1, 0.15) is 89.5 Å². The van der Waals surface area contributed by atoms with E-state index in [0.717, 1.165) is 27.5 Å². The Morgan fingerprint density at radius 1 is 0.636 bits per heavy atom. The van der Waals surface area contributed by atoms with E-state index in [1.165, 1.54) is 6.92 Å². The number of halogens is 6. The van der Waals surface area contributed by atoms with E-state index in [1.54, 1.807) is 39.8 Å². The molecule has 0 saturated heterocycles. The van der Waals surface area contributed by atoms with Crippen molar-refractivity contribution in [2.24, 2.45) is 0 Å². The van der Waals surface area contributed by atoms with Crippen LogP contribution in [0, 0.1) is 20.8 Å². The minimum Gasteiger partial charge on any atom is -0.272 e. The molecule has 0 radical (unpaired) electrons. The number of carbonyl (C=O) groups is 4. The van der Waals surface area contributed by atoms with Gasteiger partial charge in [0, 0.05) is 6.04 Å². The van der Waals surface area contributed by atoms with Gasteiger partial charge in [0.15, 0.2) is 0 Å². The first-order valence-corrected chi connectivity index (χ1v) is 13.7. The molecule has 230 valence electrons. The number of hydrogen-bond donors (Lipinski definition) is 0. The summed E-state index contributed by atoms with van der Waals surface area (Å²) in [5, 5.41) is 0. The van der Waals surface area contributed by atoms with Crippen LogP contribution in [0.25, 0.3) is 0 Å². The fourth-order valence-electron chi connectivity index (χ4n) is 6.26. The van der Waals surface area contributed by atoms with Crippen molar-refractivity contribution in [3.05, 3.63) is 98.6 Å². The second-order valence-electron chi connectivity index (χ2n) is 11.2. The Bertz CT molecular complexity index is 1740. The van der Waals surface area contributed by atoms with E-state index in [2.05, 4.69) is 0 Å². The van der Waals surface area contributed by atoms with E-state index < -0.39 is 69.7 Å². The molecule has 0 spiro atoms. The lowest BCUT2D eigenvalue weighted by Crippen LogP contribution is -2.55. The van der Waals surface area contributed by atoms with Crippen molar-refractivity contribution in [1.29, 1.82) is 0 Å². The van der Waals surface area contributed by atoms with Gasteiger partial charge in [-0.15, -0.1) is 0 Å². The van der Waals surface area contributed by atoms with Crippen LogP contribution in [0.3, 0.4) is 0 Å². The number of rotatable bonds is 5. The van der Waals surface area contributed by atoms with Gasteiger partial charge in [0.05, 0.1) is 27.9 Å². The molecule has 6 nitrogen and oxygen atoms in total. The molecule has 3 aromatic carbocycles. The Kier molecular flexibility index (Phi) is 7.06. The van der Waals surface area contributed by atoms with Crippen LogP contribution >= 0.6 is 0 Å². The summed E-state index contributed by atoms with van der Waals surface area (Å²) in [7, 11) is 0. The molecule has 12 heteroatoms. The third kappa shape index (κ3) is 4.17. The topological polar surface area (TPSA) is 74.8 Å². The number of carbonyl (C=O) groups excluding carboxylic acids is 4. The van der Waals surface area contributed by atoms with Crippen LogP contribution in [-0.2, 0) is 5.41 Å². The third-order valence-electron chi connectivity index (χ3n) is 8.41. The lowest BCUT2D eigenvalue weighted by Gasteiger charge is -2.38. The number of nitrogens with zero attached hydrogens (tertiary/aromatic N) is 2. The number of imide groups is 2. The van der Waals surface area contributed by atoms with E-state index in [0.29, 0.717) is 41.8 Å². The van der Waals surface area contributed by atoms with E-state index in [4.69, 9.17) is 0 Å². The smallest absolute Gasteiger partial charge is 0.272 e. The van der Waals surface area contributed by atoms with Crippen molar-refractivity contribution in [3.8, 4) is 0 Å². The Hall–Kier alpha value is -4.48. The highest BCUT2D eigenvalue weighted by Crippen LogP contribution is 2.57. The predicted octanol–water partition coefficient (Wildman–Crippen LogP) is 7.22. The summed E-state index contributed by atoms with van der Waals surface area (Å²) >= 11 is 0. The zero-order valence-electron chi connectivity index (χ0n) is 24.2. The fourth-order valence-corrected chi connectivity index (χ4v) is 6.26. The molecule has 0 N–H and O–H groups in total. The van der Waals surface area contributed by atoms with E-state index in [1.807, 2.05) is 0 Å². The number of anilines is 1. The highest BCUT2D eigenvalue weighted by atomic mass is 19.4. The van der Waals surface area contributed by atoms with E-state index >= 15 is 0 Å².